The normalized spacial score (nSPS) is 14.0. The minimum absolute atomic E-state index is 0.107. The highest BCUT2D eigenvalue weighted by atomic mass is 17.1. The molecule has 0 aliphatic rings. The highest BCUT2D eigenvalue weighted by Crippen LogP contribution is 2.50. The zero-order valence-corrected chi connectivity index (χ0v) is 49.1. The molecule has 0 heterocycles. The molecule has 0 saturated heterocycles. The number of ether oxygens (including phenoxy) is 5. The van der Waals surface area contributed by atoms with E-state index >= 15 is 0 Å². The first-order valence-electron chi connectivity index (χ1n) is 29.9. The van der Waals surface area contributed by atoms with Gasteiger partial charge in [0.25, 0.3) is 5.97 Å². The Morgan fingerprint density at radius 1 is 0.443 bits per heavy atom. The molecule has 2 atom stereocenters. The van der Waals surface area contributed by atoms with Crippen molar-refractivity contribution in [3.8, 4) is 0 Å². The van der Waals surface area contributed by atoms with Gasteiger partial charge in [-0.2, -0.15) is 0 Å². The quantitative estimate of drug-likeness (QED) is 0.0161. The molecule has 1 N–H and O–H groups in total. The van der Waals surface area contributed by atoms with E-state index in [1.165, 1.54) is 135 Å². The third-order valence-corrected chi connectivity index (χ3v) is 14.1. The Kier molecular flexibility index (Phi) is 41.6. The van der Waals surface area contributed by atoms with Crippen LogP contribution in [0.25, 0.3) is 0 Å². The van der Waals surface area contributed by atoms with Crippen molar-refractivity contribution in [3.05, 3.63) is 12.2 Å². The summed E-state index contributed by atoms with van der Waals surface area (Å²) in [5.41, 5.74) is 0.778. The van der Waals surface area contributed by atoms with Crippen LogP contribution in [0.2, 0.25) is 0 Å². The molecule has 0 aliphatic carbocycles. The van der Waals surface area contributed by atoms with E-state index in [1.807, 2.05) is 0 Å². The van der Waals surface area contributed by atoms with Gasteiger partial charge in [0.2, 0.25) is 0 Å². The lowest BCUT2D eigenvalue weighted by molar-refractivity contribution is -0.440. The summed E-state index contributed by atoms with van der Waals surface area (Å²) in [7, 11) is 0. The molecule has 0 aromatic heterocycles. The van der Waals surface area contributed by atoms with Crippen molar-refractivity contribution >= 4 is 5.97 Å². The van der Waals surface area contributed by atoms with E-state index in [0.29, 0.717) is 67.7 Å². The minimum Gasteiger partial charge on any atom is -0.459 e. The van der Waals surface area contributed by atoms with E-state index in [0.717, 1.165) is 77.0 Å². The molecule has 0 spiro atoms. The van der Waals surface area contributed by atoms with Crippen LogP contribution in [-0.2, 0) is 33.4 Å². The van der Waals surface area contributed by atoms with Gasteiger partial charge in [-0.1, -0.05) is 237 Å². The van der Waals surface area contributed by atoms with Crippen molar-refractivity contribution in [3.63, 3.8) is 0 Å². The molecule has 8 heteroatoms. The van der Waals surface area contributed by atoms with Crippen LogP contribution in [0, 0.1) is 21.7 Å². The summed E-state index contributed by atoms with van der Waals surface area (Å²) in [6, 6.07) is 0. The van der Waals surface area contributed by atoms with Gasteiger partial charge in [-0.25, -0.2) is 9.68 Å². The largest absolute Gasteiger partial charge is 0.459 e. The molecule has 0 aromatic rings. The fourth-order valence-corrected chi connectivity index (χ4v) is 9.75. The van der Waals surface area contributed by atoms with Gasteiger partial charge in [-0.3, -0.25) is 5.26 Å². The van der Waals surface area contributed by atoms with Crippen molar-refractivity contribution in [2.24, 2.45) is 21.7 Å². The zero-order chi connectivity index (χ0) is 52.5. The second-order valence-corrected chi connectivity index (χ2v) is 25.3. The monoisotopic (exact) mass is 995 g/mol. The Balaban J connectivity index is 6.89. The lowest BCUT2D eigenvalue weighted by atomic mass is 9.71. The summed E-state index contributed by atoms with van der Waals surface area (Å²) in [4.78, 5) is 18.0. The zero-order valence-electron chi connectivity index (χ0n) is 49.1. The predicted octanol–water partition coefficient (Wildman–Crippen LogP) is 19.5. The van der Waals surface area contributed by atoms with Crippen LogP contribution >= 0.6 is 0 Å². The van der Waals surface area contributed by atoms with Gasteiger partial charge in [0.1, 0.15) is 12.7 Å². The van der Waals surface area contributed by atoms with E-state index in [-0.39, 0.29) is 6.61 Å². The molecule has 0 bridgehead atoms. The maximum atomic E-state index is 12.8. The van der Waals surface area contributed by atoms with Crippen LogP contribution in [0.15, 0.2) is 12.2 Å². The van der Waals surface area contributed by atoms with Gasteiger partial charge < -0.3 is 23.7 Å². The molecular weight excluding hydrogens is 873 g/mol. The van der Waals surface area contributed by atoms with Crippen LogP contribution < -0.4 is 0 Å². The fourth-order valence-electron chi connectivity index (χ4n) is 9.75. The second-order valence-electron chi connectivity index (χ2n) is 25.3. The van der Waals surface area contributed by atoms with Crippen molar-refractivity contribution in [1.82, 2.24) is 0 Å². The second kappa shape index (κ2) is 42.2. The van der Waals surface area contributed by atoms with Crippen molar-refractivity contribution in [2.75, 3.05) is 39.6 Å². The van der Waals surface area contributed by atoms with Crippen LogP contribution in [0.4, 0.5) is 0 Å². The molecule has 0 aromatic carbocycles. The third kappa shape index (κ3) is 39.4. The van der Waals surface area contributed by atoms with E-state index in [9.17, 15) is 10.1 Å². The summed E-state index contributed by atoms with van der Waals surface area (Å²) in [6.45, 7) is 33.7. The average molecular weight is 996 g/mol. The molecule has 8 nitrogen and oxygen atoms in total. The Bertz CT molecular complexity index is 1110. The molecule has 0 radical (unpaired) electrons. The minimum atomic E-state index is -1.39. The van der Waals surface area contributed by atoms with Crippen LogP contribution in [0.3, 0.4) is 0 Å². The standard InChI is InChI=1S/C62H122O8/c1-14-16-17-18-31-38-46-61(47-42-49-65-48-15-2,53-56(70-64)54-66-57(63)55(3)4)62(67-50-39-32-25-19-22-28-35-43-58(5,6)7,68-51-40-33-26-20-23-29-36-44-59(8,9)10)69-52-41-34-27-21-24-30-37-45-60(11,12)13/h56,64H,3,14-54H2,1-2,4-13H3. The number of rotatable bonds is 50. The first-order chi connectivity index (χ1) is 33.3. The molecular formula is C62H122O8. The summed E-state index contributed by atoms with van der Waals surface area (Å²) in [5.74, 6) is -1.88. The predicted molar refractivity (Wildman–Crippen MR) is 298 cm³/mol. The highest BCUT2D eigenvalue weighted by Gasteiger charge is 2.56. The average Bonchev–Trinajstić information content (AvgIpc) is 3.28. The number of hydrogen-bond acceptors (Lipinski definition) is 8. The molecule has 418 valence electrons. The number of carbonyl (C=O) groups excluding carboxylic acids is 1. The number of carbonyl (C=O) groups is 1. The van der Waals surface area contributed by atoms with Gasteiger partial charge in [-0.05, 0) is 93.8 Å². The van der Waals surface area contributed by atoms with E-state index < -0.39 is 23.5 Å². The maximum absolute atomic E-state index is 12.8. The third-order valence-electron chi connectivity index (χ3n) is 14.1. The van der Waals surface area contributed by atoms with Crippen molar-refractivity contribution in [1.29, 1.82) is 0 Å². The molecule has 0 amide bonds. The molecule has 0 rings (SSSR count). The Morgan fingerprint density at radius 2 is 0.786 bits per heavy atom. The van der Waals surface area contributed by atoms with E-state index in [1.54, 1.807) is 6.92 Å². The smallest absolute Gasteiger partial charge is 0.333 e. The molecule has 0 aliphatic heterocycles. The molecule has 2 unspecified atom stereocenters. The van der Waals surface area contributed by atoms with Crippen LogP contribution in [-0.4, -0.2) is 62.9 Å². The van der Waals surface area contributed by atoms with Crippen molar-refractivity contribution in [2.45, 2.75) is 320 Å². The number of unbranched alkanes of at least 4 members (excludes halogenated alkanes) is 23. The summed E-state index contributed by atoms with van der Waals surface area (Å²) in [5, 5.41) is 10.6. The lowest BCUT2D eigenvalue weighted by Gasteiger charge is -2.50. The number of esters is 1. The highest BCUT2D eigenvalue weighted by molar-refractivity contribution is 5.86. The van der Waals surface area contributed by atoms with Gasteiger partial charge >= 0.3 is 5.97 Å². The van der Waals surface area contributed by atoms with Crippen molar-refractivity contribution < 1.29 is 38.6 Å². The van der Waals surface area contributed by atoms with Gasteiger partial charge in [0, 0.05) is 18.8 Å². The van der Waals surface area contributed by atoms with Gasteiger partial charge in [0.15, 0.2) is 0 Å². The van der Waals surface area contributed by atoms with Gasteiger partial charge in [-0.15, -0.1) is 0 Å². The Morgan fingerprint density at radius 3 is 1.13 bits per heavy atom. The van der Waals surface area contributed by atoms with E-state index in [4.69, 9.17) is 28.6 Å². The Hall–Kier alpha value is -1.03. The van der Waals surface area contributed by atoms with E-state index in [2.05, 4.69) is 82.7 Å². The lowest BCUT2D eigenvalue weighted by Crippen LogP contribution is -2.57. The Labute approximate surface area is 436 Å². The molecule has 0 fully saturated rings. The molecule has 0 saturated carbocycles. The van der Waals surface area contributed by atoms with Gasteiger partial charge in [0.05, 0.1) is 25.2 Å². The first kappa shape index (κ1) is 69.0. The fraction of sp³-hybridized carbons (Fsp3) is 0.952. The topological polar surface area (TPSA) is 92.7 Å². The number of hydrogen-bond donors (Lipinski definition) is 1. The SMILES string of the molecule is C=C(C)C(=O)OCC(CC(CCCCCCCC)(CCCOCCC)C(OCCCCCCCCCC(C)(C)C)(OCCCCCCCCCC(C)(C)C)OCCCCCCCCCC(C)(C)C)OO. The summed E-state index contributed by atoms with van der Waals surface area (Å²) >= 11 is 0. The van der Waals surface area contributed by atoms with Crippen LogP contribution in [0.5, 0.6) is 0 Å². The summed E-state index contributed by atoms with van der Waals surface area (Å²) < 4.78 is 33.8. The molecule has 70 heavy (non-hydrogen) atoms. The maximum Gasteiger partial charge on any atom is 0.333 e. The van der Waals surface area contributed by atoms with Crippen LogP contribution in [0.1, 0.15) is 308 Å². The summed E-state index contributed by atoms with van der Waals surface area (Å²) in [6.07, 6.45) is 38.4. The first-order valence-corrected chi connectivity index (χ1v) is 29.9.